The van der Waals surface area contributed by atoms with Gasteiger partial charge in [0.1, 0.15) is 5.75 Å². The van der Waals surface area contributed by atoms with Gasteiger partial charge in [0.15, 0.2) is 12.6 Å². The molecule has 0 bridgehead atoms. The number of hydrogen-bond acceptors (Lipinski definition) is 4. The molecule has 7 nitrogen and oxygen atoms in total. The molecular weight excluding hydrogens is 296 g/mol. The van der Waals surface area contributed by atoms with Crippen LogP contribution in [0.15, 0.2) is 29.3 Å². The lowest BCUT2D eigenvalue weighted by Gasteiger charge is -2.27. The first-order chi connectivity index (χ1) is 11.2. The van der Waals surface area contributed by atoms with Crippen LogP contribution in [0.1, 0.15) is 12.5 Å². The number of amides is 1. The number of nitrogens with zero attached hydrogens (tertiary/aromatic N) is 2. The summed E-state index contributed by atoms with van der Waals surface area (Å²) in [5.41, 5.74) is 6.98. The maximum atomic E-state index is 11.4. The van der Waals surface area contributed by atoms with Crippen molar-refractivity contribution < 1.29 is 14.3 Å². The van der Waals surface area contributed by atoms with Gasteiger partial charge in [-0.3, -0.25) is 4.79 Å². The Morgan fingerprint density at radius 1 is 1.43 bits per heavy atom. The van der Waals surface area contributed by atoms with E-state index in [4.69, 9.17) is 15.2 Å². The van der Waals surface area contributed by atoms with Crippen molar-refractivity contribution in [3.63, 3.8) is 0 Å². The molecule has 23 heavy (non-hydrogen) atoms. The van der Waals surface area contributed by atoms with Crippen molar-refractivity contribution in [2.24, 2.45) is 10.7 Å². The van der Waals surface area contributed by atoms with Crippen LogP contribution < -0.4 is 15.8 Å². The Bertz CT molecular complexity index is 542. The third-order valence-corrected chi connectivity index (χ3v) is 3.40. The number of benzene rings is 1. The van der Waals surface area contributed by atoms with Gasteiger partial charge in [-0.15, -0.1) is 0 Å². The first-order valence-electron chi connectivity index (χ1n) is 7.80. The van der Waals surface area contributed by atoms with Gasteiger partial charge in [-0.05, 0) is 24.6 Å². The van der Waals surface area contributed by atoms with E-state index in [1.54, 1.807) is 0 Å². The van der Waals surface area contributed by atoms with E-state index in [1.165, 1.54) is 0 Å². The monoisotopic (exact) mass is 320 g/mol. The van der Waals surface area contributed by atoms with Gasteiger partial charge in [0.2, 0.25) is 0 Å². The molecule has 0 aromatic heterocycles. The number of morpholine rings is 1. The van der Waals surface area contributed by atoms with Gasteiger partial charge in [-0.1, -0.05) is 12.1 Å². The fourth-order valence-corrected chi connectivity index (χ4v) is 2.20. The Labute approximate surface area is 136 Å². The summed E-state index contributed by atoms with van der Waals surface area (Å²) >= 11 is 0. The molecule has 126 valence electrons. The predicted octanol–water partition coefficient (Wildman–Crippen LogP) is 0.348. The van der Waals surface area contributed by atoms with Gasteiger partial charge in [-0.25, -0.2) is 4.99 Å². The topological polar surface area (TPSA) is 89.2 Å². The van der Waals surface area contributed by atoms with Crippen LogP contribution in [0.3, 0.4) is 0 Å². The van der Waals surface area contributed by atoms with Crippen LogP contribution in [0.25, 0.3) is 0 Å². The molecule has 0 atom stereocenters. The largest absolute Gasteiger partial charge is 0.484 e. The van der Waals surface area contributed by atoms with Crippen LogP contribution in [0, 0.1) is 0 Å². The molecule has 1 aromatic carbocycles. The molecule has 3 N–H and O–H groups in total. The lowest BCUT2D eigenvalue weighted by molar-refractivity contribution is -0.122. The number of aliphatic imine (C=N–C) groups is 1. The maximum absolute atomic E-state index is 11.4. The normalized spacial score (nSPS) is 15.3. The molecule has 1 aliphatic heterocycles. The molecule has 1 saturated heterocycles. The molecule has 0 saturated carbocycles. The fraction of sp³-hybridized carbons (Fsp3) is 0.500. The summed E-state index contributed by atoms with van der Waals surface area (Å²) in [4.78, 5) is 17.8. The lowest BCUT2D eigenvalue weighted by Crippen LogP contribution is -2.44. The molecule has 0 spiro atoms. The summed E-state index contributed by atoms with van der Waals surface area (Å²) in [6, 6.07) is 7.52. The zero-order valence-electron chi connectivity index (χ0n) is 13.5. The minimum absolute atomic E-state index is 0.0104. The van der Waals surface area contributed by atoms with Gasteiger partial charge >= 0.3 is 0 Å². The van der Waals surface area contributed by atoms with E-state index in [-0.39, 0.29) is 12.5 Å². The van der Waals surface area contributed by atoms with Gasteiger partial charge in [0, 0.05) is 19.6 Å². The lowest BCUT2D eigenvalue weighted by atomic mass is 10.2. The van der Waals surface area contributed by atoms with Crippen molar-refractivity contribution in [2.75, 3.05) is 39.5 Å². The number of carbonyl (C=O) groups is 1. The van der Waals surface area contributed by atoms with E-state index in [1.807, 2.05) is 36.1 Å². The molecule has 0 unspecified atom stereocenters. The first-order valence-corrected chi connectivity index (χ1v) is 7.80. The molecule has 0 aliphatic carbocycles. The van der Waals surface area contributed by atoms with Crippen LogP contribution >= 0.6 is 0 Å². The number of likely N-dealkylation sites (N-methyl/N-ethyl adjacent to an activating group) is 1. The second kappa shape index (κ2) is 8.99. The Balaban J connectivity index is 1.87. The van der Waals surface area contributed by atoms with Crippen LogP contribution in [-0.4, -0.2) is 56.2 Å². The Hall–Kier alpha value is -2.28. The van der Waals surface area contributed by atoms with Crippen LogP contribution in [0.5, 0.6) is 5.75 Å². The molecule has 1 fully saturated rings. The van der Waals surface area contributed by atoms with E-state index >= 15 is 0 Å². The average Bonchev–Trinajstić information content (AvgIpc) is 2.59. The number of carbonyl (C=O) groups excluding carboxylic acids is 1. The van der Waals surface area contributed by atoms with Crippen molar-refractivity contribution in [3.8, 4) is 5.75 Å². The molecular formula is C16H24N4O3. The third-order valence-electron chi connectivity index (χ3n) is 3.40. The number of nitrogens with one attached hydrogen (secondary N) is 1. The van der Waals surface area contributed by atoms with E-state index in [9.17, 15) is 4.79 Å². The van der Waals surface area contributed by atoms with Crippen molar-refractivity contribution in [2.45, 2.75) is 13.5 Å². The van der Waals surface area contributed by atoms with E-state index in [0.717, 1.165) is 18.7 Å². The van der Waals surface area contributed by atoms with E-state index in [0.29, 0.717) is 38.0 Å². The quantitative estimate of drug-likeness (QED) is 0.583. The van der Waals surface area contributed by atoms with Gasteiger partial charge in [-0.2, -0.15) is 0 Å². The first kappa shape index (κ1) is 17.1. The molecule has 1 amide bonds. The van der Waals surface area contributed by atoms with Crippen molar-refractivity contribution in [3.05, 3.63) is 29.8 Å². The van der Waals surface area contributed by atoms with Crippen LogP contribution in [-0.2, 0) is 16.1 Å². The zero-order chi connectivity index (χ0) is 16.5. The average molecular weight is 320 g/mol. The van der Waals surface area contributed by atoms with Gasteiger partial charge in [0.05, 0.1) is 19.8 Å². The molecule has 2 rings (SSSR count). The Kier molecular flexibility index (Phi) is 6.68. The molecule has 7 heteroatoms. The highest BCUT2D eigenvalue weighted by Crippen LogP contribution is 2.14. The number of hydrogen-bond donors (Lipinski definition) is 2. The Morgan fingerprint density at radius 3 is 2.96 bits per heavy atom. The highest BCUT2D eigenvalue weighted by molar-refractivity contribution is 5.78. The van der Waals surface area contributed by atoms with Crippen molar-refractivity contribution in [1.29, 1.82) is 0 Å². The molecule has 1 aliphatic rings. The van der Waals surface area contributed by atoms with E-state index in [2.05, 4.69) is 10.3 Å². The highest BCUT2D eigenvalue weighted by atomic mass is 16.5. The van der Waals surface area contributed by atoms with Crippen LogP contribution in [0.2, 0.25) is 0 Å². The minimum Gasteiger partial charge on any atom is -0.484 e. The summed E-state index contributed by atoms with van der Waals surface area (Å²) < 4.78 is 10.8. The maximum Gasteiger partial charge on any atom is 0.257 e. The summed E-state index contributed by atoms with van der Waals surface area (Å²) in [5.74, 6) is 1.04. The number of ether oxygens (including phenoxy) is 2. The second-order valence-electron chi connectivity index (χ2n) is 5.16. The second-order valence-corrected chi connectivity index (χ2v) is 5.16. The molecule has 1 aromatic rings. The Morgan fingerprint density at radius 2 is 2.22 bits per heavy atom. The summed E-state index contributed by atoms with van der Waals surface area (Å²) in [5, 5.41) is 2.69. The third kappa shape index (κ3) is 5.78. The summed E-state index contributed by atoms with van der Waals surface area (Å²) in [6.07, 6.45) is 0. The molecule has 0 radical (unpaired) electrons. The highest BCUT2D eigenvalue weighted by Gasteiger charge is 2.11. The standard InChI is InChI=1S/C16H24N4O3/c1-2-18-15(21)12-23-14-5-3-4-13(10-14)11-19-16(17)20-6-8-22-9-7-20/h3-5,10H,2,6-9,11-12H2,1H3,(H2,17,19)(H,18,21). The SMILES string of the molecule is CCNC(=O)COc1cccc(CN=C(N)N2CCOCC2)c1. The zero-order valence-corrected chi connectivity index (χ0v) is 13.5. The smallest absolute Gasteiger partial charge is 0.257 e. The predicted molar refractivity (Wildman–Crippen MR) is 88.3 cm³/mol. The van der Waals surface area contributed by atoms with Gasteiger partial charge < -0.3 is 25.4 Å². The van der Waals surface area contributed by atoms with Crippen molar-refractivity contribution in [1.82, 2.24) is 10.2 Å². The van der Waals surface area contributed by atoms with Crippen molar-refractivity contribution >= 4 is 11.9 Å². The fourth-order valence-electron chi connectivity index (χ4n) is 2.20. The van der Waals surface area contributed by atoms with E-state index < -0.39 is 0 Å². The minimum atomic E-state index is -0.132. The number of nitrogens with two attached hydrogens (primary N) is 1. The number of rotatable bonds is 6. The summed E-state index contributed by atoms with van der Waals surface area (Å²) in [7, 11) is 0. The van der Waals surface area contributed by atoms with Crippen LogP contribution in [0.4, 0.5) is 0 Å². The molecule has 1 heterocycles. The summed E-state index contributed by atoms with van der Waals surface area (Å²) in [6.45, 7) is 5.85. The number of guanidine groups is 1. The van der Waals surface area contributed by atoms with Gasteiger partial charge in [0.25, 0.3) is 5.91 Å².